The minimum Gasteiger partial charge on any atom is -0.493 e. The molecule has 26 heavy (non-hydrogen) atoms. The summed E-state index contributed by atoms with van der Waals surface area (Å²) in [6, 6.07) is 8.51. The van der Waals surface area contributed by atoms with Gasteiger partial charge in [0.15, 0.2) is 0 Å². The lowest BCUT2D eigenvalue weighted by atomic mass is 9.98. The van der Waals surface area contributed by atoms with E-state index in [4.69, 9.17) is 9.47 Å². The molecule has 0 atom stereocenters. The average Bonchev–Trinajstić information content (AvgIpc) is 2.67. The van der Waals surface area contributed by atoms with Crippen molar-refractivity contribution in [1.29, 1.82) is 0 Å². The molecule has 1 amide bonds. The first-order valence-corrected chi connectivity index (χ1v) is 10.0. The summed E-state index contributed by atoms with van der Waals surface area (Å²) in [4.78, 5) is 16.2. The van der Waals surface area contributed by atoms with E-state index in [-0.39, 0.29) is 12.2 Å². The molecule has 2 heterocycles. The van der Waals surface area contributed by atoms with Gasteiger partial charge >= 0.3 is 6.09 Å². The number of likely N-dealkylation sites (tertiary alicyclic amines) is 1. The van der Waals surface area contributed by atoms with Crippen LogP contribution in [0.4, 0.5) is 10.5 Å². The van der Waals surface area contributed by atoms with Crippen molar-refractivity contribution in [3.63, 3.8) is 0 Å². The molecule has 144 valence electrons. The van der Waals surface area contributed by atoms with Crippen LogP contribution in [0.3, 0.4) is 0 Å². The molecule has 0 spiro atoms. The van der Waals surface area contributed by atoms with Gasteiger partial charge in [-0.05, 0) is 76.1 Å². The van der Waals surface area contributed by atoms with Gasteiger partial charge in [-0.1, -0.05) is 0 Å². The van der Waals surface area contributed by atoms with Gasteiger partial charge in [-0.2, -0.15) is 0 Å². The van der Waals surface area contributed by atoms with Crippen molar-refractivity contribution in [1.82, 2.24) is 4.90 Å². The van der Waals surface area contributed by atoms with Crippen molar-refractivity contribution in [2.45, 2.75) is 52.1 Å². The van der Waals surface area contributed by atoms with E-state index < -0.39 is 0 Å². The summed E-state index contributed by atoms with van der Waals surface area (Å²) in [5.74, 6) is 1.44. The number of benzene rings is 1. The third-order valence-corrected chi connectivity index (χ3v) is 5.25. The number of hydrogen-bond donors (Lipinski definition) is 0. The van der Waals surface area contributed by atoms with Gasteiger partial charge in [-0.25, -0.2) is 4.79 Å². The van der Waals surface area contributed by atoms with Crippen LogP contribution in [-0.4, -0.2) is 49.9 Å². The molecule has 0 unspecified atom stereocenters. The highest BCUT2D eigenvalue weighted by Gasteiger charge is 2.24. The van der Waals surface area contributed by atoms with Crippen LogP contribution in [0, 0.1) is 5.92 Å². The molecular formula is C21H32N2O3. The largest absolute Gasteiger partial charge is 0.493 e. The van der Waals surface area contributed by atoms with Crippen LogP contribution in [-0.2, 0) is 4.74 Å². The van der Waals surface area contributed by atoms with Crippen molar-refractivity contribution in [2.75, 3.05) is 37.7 Å². The second-order valence-corrected chi connectivity index (χ2v) is 7.72. The lowest BCUT2D eigenvalue weighted by molar-refractivity contribution is 0.0608. The van der Waals surface area contributed by atoms with Crippen LogP contribution in [0.15, 0.2) is 24.3 Å². The van der Waals surface area contributed by atoms with E-state index in [2.05, 4.69) is 29.2 Å². The van der Waals surface area contributed by atoms with Crippen molar-refractivity contribution >= 4 is 11.8 Å². The fraction of sp³-hybridized carbons (Fsp3) is 0.667. The third kappa shape index (κ3) is 5.29. The first-order valence-electron chi connectivity index (χ1n) is 10.0. The van der Waals surface area contributed by atoms with Gasteiger partial charge in [-0.15, -0.1) is 0 Å². The van der Waals surface area contributed by atoms with Crippen molar-refractivity contribution in [2.24, 2.45) is 5.92 Å². The molecule has 1 aromatic rings. The number of hydrogen-bond acceptors (Lipinski definition) is 4. The molecule has 2 aliphatic heterocycles. The molecule has 3 rings (SSSR count). The van der Waals surface area contributed by atoms with E-state index >= 15 is 0 Å². The Balaban J connectivity index is 1.40. The van der Waals surface area contributed by atoms with Gasteiger partial charge in [0.25, 0.3) is 0 Å². The number of rotatable bonds is 5. The Kier molecular flexibility index (Phi) is 6.64. The number of carbonyl (C=O) groups excluding carboxylic acids is 1. The number of nitrogens with zero attached hydrogens (tertiary/aromatic N) is 2. The maximum Gasteiger partial charge on any atom is 0.410 e. The average molecular weight is 360 g/mol. The lowest BCUT2D eigenvalue weighted by Gasteiger charge is -2.31. The third-order valence-electron chi connectivity index (χ3n) is 5.25. The first-order chi connectivity index (χ1) is 12.6. The van der Waals surface area contributed by atoms with Crippen molar-refractivity contribution in [3.8, 4) is 5.75 Å². The van der Waals surface area contributed by atoms with Crippen LogP contribution in [0.5, 0.6) is 5.75 Å². The predicted molar refractivity (Wildman–Crippen MR) is 104 cm³/mol. The Hall–Kier alpha value is -1.91. The number of amides is 1. The molecule has 2 saturated heterocycles. The fourth-order valence-corrected chi connectivity index (χ4v) is 3.68. The normalized spacial score (nSPS) is 18.9. The highest BCUT2D eigenvalue weighted by molar-refractivity contribution is 5.67. The number of anilines is 1. The van der Waals surface area contributed by atoms with Crippen LogP contribution in [0.2, 0.25) is 0 Å². The standard InChI is InChI=1S/C21H32N2O3/c1-17(2)26-21(24)23-14-10-18(11-15-23)16-25-20-8-6-19(7-9-20)22-12-4-3-5-13-22/h6-9,17-18H,3-5,10-16H2,1-2H3. The van der Waals surface area contributed by atoms with Crippen LogP contribution >= 0.6 is 0 Å². The molecule has 0 radical (unpaired) electrons. The van der Waals surface area contributed by atoms with E-state index in [1.807, 2.05) is 18.7 Å². The van der Waals surface area contributed by atoms with Gasteiger partial charge < -0.3 is 19.3 Å². The molecule has 2 fully saturated rings. The number of ether oxygens (including phenoxy) is 2. The summed E-state index contributed by atoms with van der Waals surface area (Å²) in [5, 5.41) is 0. The monoisotopic (exact) mass is 360 g/mol. The van der Waals surface area contributed by atoms with Crippen LogP contribution < -0.4 is 9.64 Å². The summed E-state index contributed by atoms with van der Waals surface area (Å²) in [6.45, 7) is 8.33. The molecule has 5 heteroatoms. The maximum atomic E-state index is 11.9. The van der Waals surface area contributed by atoms with Crippen molar-refractivity contribution < 1.29 is 14.3 Å². The van der Waals surface area contributed by atoms with E-state index in [0.717, 1.165) is 51.4 Å². The van der Waals surface area contributed by atoms with Crippen molar-refractivity contribution in [3.05, 3.63) is 24.3 Å². The second-order valence-electron chi connectivity index (χ2n) is 7.72. The fourth-order valence-electron chi connectivity index (χ4n) is 3.68. The zero-order chi connectivity index (χ0) is 18.4. The van der Waals surface area contributed by atoms with Crippen LogP contribution in [0.1, 0.15) is 46.0 Å². The maximum absolute atomic E-state index is 11.9. The highest BCUT2D eigenvalue weighted by Crippen LogP contribution is 2.24. The molecule has 0 aliphatic carbocycles. The Morgan fingerprint density at radius 3 is 2.31 bits per heavy atom. The minimum absolute atomic E-state index is 0.0588. The van der Waals surface area contributed by atoms with E-state index in [1.165, 1.54) is 24.9 Å². The zero-order valence-corrected chi connectivity index (χ0v) is 16.2. The summed E-state index contributed by atoms with van der Waals surface area (Å²) >= 11 is 0. The minimum atomic E-state index is -0.187. The zero-order valence-electron chi connectivity index (χ0n) is 16.2. The molecule has 1 aromatic carbocycles. The van der Waals surface area contributed by atoms with E-state index in [9.17, 15) is 4.79 Å². The second kappa shape index (κ2) is 9.15. The quantitative estimate of drug-likeness (QED) is 0.784. The molecular weight excluding hydrogens is 328 g/mol. The molecule has 0 saturated carbocycles. The van der Waals surface area contributed by atoms with Gasteiger partial charge in [-0.3, -0.25) is 0 Å². The number of carbonyl (C=O) groups is 1. The Morgan fingerprint density at radius 1 is 1.04 bits per heavy atom. The van der Waals surface area contributed by atoms with E-state index in [0.29, 0.717) is 5.92 Å². The highest BCUT2D eigenvalue weighted by atomic mass is 16.6. The summed E-state index contributed by atoms with van der Waals surface area (Å²) < 4.78 is 11.3. The molecule has 0 N–H and O–H groups in total. The van der Waals surface area contributed by atoms with Gasteiger partial charge in [0.1, 0.15) is 5.75 Å². The SMILES string of the molecule is CC(C)OC(=O)N1CCC(COc2ccc(N3CCCCC3)cc2)CC1. The van der Waals surface area contributed by atoms with Gasteiger partial charge in [0.05, 0.1) is 12.7 Å². The summed E-state index contributed by atoms with van der Waals surface area (Å²) in [5.41, 5.74) is 1.30. The predicted octanol–water partition coefficient (Wildman–Crippen LogP) is 4.31. The Morgan fingerprint density at radius 2 is 1.69 bits per heavy atom. The first kappa shape index (κ1) is 18.9. The van der Waals surface area contributed by atoms with Gasteiger partial charge in [0.2, 0.25) is 0 Å². The Bertz CT molecular complexity index is 559. The lowest BCUT2D eigenvalue weighted by Crippen LogP contribution is -2.40. The van der Waals surface area contributed by atoms with E-state index in [1.54, 1.807) is 0 Å². The molecule has 2 aliphatic rings. The smallest absolute Gasteiger partial charge is 0.410 e. The Labute approximate surface area is 157 Å². The van der Waals surface area contributed by atoms with Gasteiger partial charge in [0, 0.05) is 31.9 Å². The topological polar surface area (TPSA) is 42.0 Å². The molecule has 0 aromatic heterocycles. The summed E-state index contributed by atoms with van der Waals surface area (Å²) in [6.07, 6.45) is 5.64. The van der Waals surface area contributed by atoms with Crippen LogP contribution in [0.25, 0.3) is 0 Å². The molecule has 5 nitrogen and oxygen atoms in total. The summed E-state index contributed by atoms with van der Waals surface area (Å²) in [7, 11) is 0. The number of piperidine rings is 2. The molecule has 0 bridgehead atoms.